The number of rotatable bonds is 11. The summed E-state index contributed by atoms with van der Waals surface area (Å²) in [5.74, 6) is -0.658. The molecule has 0 aliphatic carbocycles. The van der Waals surface area contributed by atoms with Crippen molar-refractivity contribution < 1.29 is 23.1 Å². The third-order valence-electron chi connectivity index (χ3n) is 3.84. The summed E-state index contributed by atoms with van der Waals surface area (Å²) in [6, 6.07) is 15.6. The van der Waals surface area contributed by atoms with Gasteiger partial charge in [0, 0.05) is 6.54 Å². The number of benzene rings is 2. The first-order chi connectivity index (χ1) is 12.9. The molecular weight excluding hydrogens is 366 g/mol. The Morgan fingerprint density at radius 3 is 2.37 bits per heavy atom. The second-order valence-corrected chi connectivity index (χ2v) is 7.85. The molecule has 0 aliphatic rings. The molecule has 7 heteroatoms. The zero-order valence-corrected chi connectivity index (χ0v) is 15.8. The van der Waals surface area contributed by atoms with Crippen molar-refractivity contribution in [2.45, 2.75) is 24.3 Å². The topological polar surface area (TPSA) is 83.9 Å². The Bertz CT molecular complexity index is 848. The minimum absolute atomic E-state index is 0.0365. The first-order valence-corrected chi connectivity index (χ1v) is 9.97. The smallest absolute Gasteiger partial charge is 0.318 e. The molecule has 2 aromatic carbocycles. The van der Waals surface area contributed by atoms with Crippen LogP contribution in [-0.2, 0) is 21.4 Å². The maximum atomic E-state index is 12.7. The molecule has 0 atom stereocenters. The van der Waals surface area contributed by atoms with E-state index >= 15 is 0 Å². The van der Waals surface area contributed by atoms with E-state index in [1.807, 2.05) is 30.3 Å². The number of sulfonamides is 1. The predicted octanol–water partition coefficient (Wildman–Crippen LogP) is 3.31. The lowest BCUT2D eigenvalue weighted by molar-refractivity contribution is -0.137. The normalized spacial score (nSPS) is 11.3. The lowest BCUT2D eigenvalue weighted by Gasteiger charge is -2.20. The Morgan fingerprint density at radius 2 is 1.78 bits per heavy atom. The zero-order chi connectivity index (χ0) is 19.7. The molecule has 0 unspecified atom stereocenters. The second-order valence-electron chi connectivity index (χ2n) is 5.91. The van der Waals surface area contributed by atoms with Gasteiger partial charge in [0.15, 0.2) is 0 Å². The highest BCUT2D eigenvalue weighted by Crippen LogP contribution is 2.21. The number of carboxylic acids is 1. The van der Waals surface area contributed by atoms with Crippen molar-refractivity contribution in [3.05, 3.63) is 72.8 Å². The third kappa shape index (κ3) is 6.23. The van der Waals surface area contributed by atoms with Crippen molar-refractivity contribution >= 4 is 16.0 Å². The number of aliphatic carboxylic acids is 1. The van der Waals surface area contributed by atoms with Gasteiger partial charge in [-0.15, -0.1) is 6.58 Å². The first-order valence-electron chi connectivity index (χ1n) is 8.53. The summed E-state index contributed by atoms with van der Waals surface area (Å²) >= 11 is 0. The SMILES string of the molecule is C=CCCCN(CC(=O)O)S(=O)(=O)c1ccc(OCc2ccccc2)cc1. The standard InChI is InChI=1S/C20H23NO5S/c1-2-3-7-14-21(15-20(22)23)27(24,25)19-12-10-18(11-13-19)26-16-17-8-5-4-6-9-17/h2,4-6,8-13H,1,3,7,14-16H2,(H,22,23). The monoisotopic (exact) mass is 389 g/mol. The van der Waals surface area contributed by atoms with Crippen LogP contribution in [0.1, 0.15) is 18.4 Å². The second kappa shape index (κ2) is 9.89. The molecule has 0 saturated carbocycles. The summed E-state index contributed by atoms with van der Waals surface area (Å²) in [6.45, 7) is 3.50. The molecule has 0 aromatic heterocycles. The van der Waals surface area contributed by atoms with Crippen LogP contribution in [0.15, 0.2) is 72.1 Å². The van der Waals surface area contributed by atoms with E-state index in [0.717, 1.165) is 9.87 Å². The molecule has 0 heterocycles. The average molecular weight is 389 g/mol. The average Bonchev–Trinajstić information content (AvgIpc) is 2.66. The van der Waals surface area contributed by atoms with Gasteiger partial charge >= 0.3 is 5.97 Å². The fourth-order valence-electron chi connectivity index (χ4n) is 2.44. The van der Waals surface area contributed by atoms with E-state index in [1.165, 1.54) is 12.1 Å². The number of nitrogens with zero attached hydrogens (tertiary/aromatic N) is 1. The van der Waals surface area contributed by atoms with Gasteiger partial charge < -0.3 is 9.84 Å². The largest absolute Gasteiger partial charge is 0.489 e. The van der Waals surface area contributed by atoms with E-state index in [-0.39, 0.29) is 11.4 Å². The van der Waals surface area contributed by atoms with E-state index < -0.39 is 22.5 Å². The van der Waals surface area contributed by atoms with E-state index in [4.69, 9.17) is 9.84 Å². The van der Waals surface area contributed by atoms with Crippen LogP contribution in [0.4, 0.5) is 0 Å². The van der Waals surface area contributed by atoms with Gasteiger partial charge in [-0.25, -0.2) is 8.42 Å². The van der Waals surface area contributed by atoms with Crippen molar-refractivity contribution in [2.75, 3.05) is 13.1 Å². The maximum Gasteiger partial charge on any atom is 0.318 e. The molecule has 0 saturated heterocycles. The zero-order valence-electron chi connectivity index (χ0n) is 15.0. The van der Waals surface area contributed by atoms with Crippen LogP contribution in [0.25, 0.3) is 0 Å². The van der Waals surface area contributed by atoms with Gasteiger partial charge in [0.1, 0.15) is 18.9 Å². The Morgan fingerprint density at radius 1 is 1.11 bits per heavy atom. The van der Waals surface area contributed by atoms with Crippen LogP contribution in [-0.4, -0.2) is 36.9 Å². The van der Waals surface area contributed by atoms with Gasteiger partial charge in [-0.2, -0.15) is 4.31 Å². The molecule has 27 heavy (non-hydrogen) atoms. The number of carboxylic acid groups (broad SMARTS) is 1. The molecule has 0 radical (unpaired) electrons. The van der Waals surface area contributed by atoms with Crippen molar-refractivity contribution in [3.8, 4) is 5.75 Å². The first kappa shape index (κ1) is 20.7. The highest BCUT2D eigenvalue weighted by molar-refractivity contribution is 7.89. The molecule has 0 amide bonds. The molecule has 1 N–H and O–H groups in total. The lowest BCUT2D eigenvalue weighted by Crippen LogP contribution is -2.36. The minimum Gasteiger partial charge on any atom is -0.489 e. The highest BCUT2D eigenvalue weighted by Gasteiger charge is 2.26. The van der Waals surface area contributed by atoms with Crippen LogP contribution < -0.4 is 4.74 Å². The van der Waals surface area contributed by atoms with Gasteiger partial charge in [-0.05, 0) is 42.7 Å². The predicted molar refractivity (Wildman–Crippen MR) is 103 cm³/mol. The van der Waals surface area contributed by atoms with E-state index in [9.17, 15) is 13.2 Å². The summed E-state index contributed by atoms with van der Waals surface area (Å²) in [6.07, 6.45) is 2.79. The Hall–Kier alpha value is -2.64. The van der Waals surface area contributed by atoms with Gasteiger partial charge in [0.2, 0.25) is 10.0 Å². The van der Waals surface area contributed by atoms with Gasteiger partial charge in [0.25, 0.3) is 0 Å². The van der Waals surface area contributed by atoms with E-state index in [1.54, 1.807) is 18.2 Å². The number of unbranched alkanes of at least 4 members (excludes halogenated alkanes) is 1. The van der Waals surface area contributed by atoms with Gasteiger partial charge in [-0.3, -0.25) is 4.79 Å². The summed E-state index contributed by atoms with van der Waals surface area (Å²) in [5, 5.41) is 9.03. The van der Waals surface area contributed by atoms with Crippen LogP contribution in [0.2, 0.25) is 0 Å². The maximum absolute atomic E-state index is 12.7. The van der Waals surface area contributed by atoms with Crippen LogP contribution in [0.3, 0.4) is 0 Å². The van der Waals surface area contributed by atoms with Crippen molar-refractivity contribution in [2.24, 2.45) is 0 Å². The Kier molecular flexibility index (Phi) is 7.57. The van der Waals surface area contributed by atoms with Crippen LogP contribution in [0, 0.1) is 0 Å². The Balaban J connectivity index is 2.09. The molecule has 0 bridgehead atoms. The molecule has 0 spiro atoms. The number of ether oxygens (including phenoxy) is 1. The summed E-state index contributed by atoms with van der Waals surface area (Å²) < 4.78 is 32.1. The lowest BCUT2D eigenvalue weighted by atomic mass is 10.2. The number of hydrogen-bond donors (Lipinski definition) is 1. The third-order valence-corrected chi connectivity index (χ3v) is 5.70. The highest BCUT2D eigenvalue weighted by atomic mass is 32.2. The van der Waals surface area contributed by atoms with Gasteiger partial charge in [-0.1, -0.05) is 36.4 Å². The van der Waals surface area contributed by atoms with E-state index in [2.05, 4.69) is 6.58 Å². The van der Waals surface area contributed by atoms with Crippen LogP contribution in [0.5, 0.6) is 5.75 Å². The van der Waals surface area contributed by atoms with E-state index in [0.29, 0.717) is 25.2 Å². The molecule has 144 valence electrons. The molecule has 2 aromatic rings. The minimum atomic E-state index is -3.90. The summed E-state index contributed by atoms with van der Waals surface area (Å²) in [4.78, 5) is 11.1. The molecule has 2 rings (SSSR count). The van der Waals surface area contributed by atoms with Gasteiger partial charge in [0.05, 0.1) is 4.90 Å². The quantitative estimate of drug-likeness (QED) is 0.471. The molecular formula is C20H23NO5S. The fraction of sp³-hybridized carbons (Fsp3) is 0.250. The molecule has 0 fully saturated rings. The van der Waals surface area contributed by atoms with Crippen molar-refractivity contribution in [1.29, 1.82) is 0 Å². The summed E-state index contributed by atoms with van der Waals surface area (Å²) in [5.41, 5.74) is 1.00. The molecule has 0 aliphatic heterocycles. The van der Waals surface area contributed by atoms with Crippen molar-refractivity contribution in [3.63, 3.8) is 0 Å². The fourth-order valence-corrected chi connectivity index (χ4v) is 3.87. The Labute approximate surface area is 159 Å². The molecule has 6 nitrogen and oxygen atoms in total. The number of hydrogen-bond acceptors (Lipinski definition) is 4. The summed E-state index contributed by atoms with van der Waals surface area (Å²) in [7, 11) is -3.90. The number of allylic oxidation sites excluding steroid dienone is 1. The number of carbonyl (C=O) groups is 1. The van der Waals surface area contributed by atoms with Crippen molar-refractivity contribution in [1.82, 2.24) is 4.31 Å². The van der Waals surface area contributed by atoms with Crippen LogP contribution >= 0.6 is 0 Å².